The number of thiophene rings is 1. The number of imidazole rings is 1. The highest BCUT2D eigenvalue weighted by Crippen LogP contribution is 2.31. The molecule has 2 heterocycles. The lowest BCUT2D eigenvalue weighted by Gasteiger charge is -2.09. The van der Waals surface area contributed by atoms with Gasteiger partial charge in [0, 0.05) is 19.0 Å². The van der Waals surface area contributed by atoms with E-state index >= 15 is 0 Å². The van der Waals surface area contributed by atoms with Crippen LogP contribution in [0.3, 0.4) is 0 Å². The summed E-state index contributed by atoms with van der Waals surface area (Å²) < 4.78 is 3.81. The van der Waals surface area contributed by atoms with E-state index in [0.29, 0.717) is 4.34 Å². The normalized spacial score (nSPS) is 13.0. The van der Waals surface area contributed by atoms with E-state index in [-0.39, 0.29) is 5.69 Å². The van der Waals surface area contributed by atoms with Crippen LogP contribution in [0.2, 0.25) is 4.34 Å². The van der Waals surface area contributed by atoms with E-state index in [0.717, 1.165) is 21.5 Å². The summed E-state index contributed by atoms with van der Waals surface area (Å²) in [6.45, 7) is 0. The molecular weight excluding hydrogens is 296 g/mol. The molecule has 1 N–H and O–H groups in total. The minimum atomic E-state index is -0.729. The second kappa shape index (κ2) is 4.77. The maximum atomic E-state index is 11.9. The van der Waals surface area contributed by atoms with Gasteiger partial charge >= 0.3 is 5.69 Å². The molecule has 20 heavy (non-hydrogen) atoms. The monoisotopic (exact) mass is 308 g/mol. The summed E-state index contributed by atoms with van der Waals surface area (Å²) in [6, 6.07) is 9.10. The number of aromatic nitrogens is 2. The van der Waals surface area contributed by atoms with Crippen LogP contribution in [0.1, 0.15) is 16.5 Å². The van der Waals surface area contributed by atoms with Gasteiger partial charge in [-0.2, -0.15) is 0 Å². The number of hydrogen-bond acceptors (Lipinski definition) is 3. The summed E-state index contributed by atoms with van der Waals surface area (Å²) >= 11 is 7.25. The van der Waals surface area contributed by atoms with E-state index in [1.807, 2.05) is 24.3 Å². The zero-order valence-corrected chi connectivity index (χ0v) is 12.6. The molecule has 0 spiro atoms. The van der Waals surface area contributed by atoms with E-state index in [9.17, 15) is 9.90 Å². The molecule has 0 radical (unpaired) electrons. The number of halogens is 1. The van der Waals surface area contributed by atoms with E-state index in [1.165, 1.54) is 11.3 Å². The van der Waals surface area contributed by atoms with Crippen molar-refractivity contribution in [3.63, 3.8) is 0 Å². The molecule has 1 atom stereocenters. The standard InChI is InChI=1S/C14H13ClN2O2S/c1-16-9-4-3-8(7-10(9)17(2)14(16)19)13(18)11-5-6-12(15)20-11/h3-7,13,18H,1-2H3. The first-order valence-corrected chi connectivity index (χ1v) is 7.27. The smallest absolute Gasteiger partial charge is 0.328 e. The molecule has 0 aliphatic heterocycles. The summed E-state index contributed by atoms with van der Waals surface area (Å²) in [5.74, 6) is 0. The highest BCUT2D eigenvalue weighted by atomic mass is 35.5. The van der Waals surface area contributed by atoms with Crippen molar-refractivity contribution in [3.05, 3.63) is 55.6 Å². The summed E-state index contributed by atoms with van der Waals surface area (Å²) in [6.07, 6.45) is -0.729. The van der Waals surface area contributed by atoms with Crippen molar-refractivity contribution in [2.24, 2.45) is 14.1 Å². The fraction of sp³-hybridized carbons (Fsp3) is 0.214. The van der Waals surface area contributed by atoms with E-state index < -0.39 is 6.10 Å². The van der Waals surface area contributed by atoms with Crippen molar-refractivity contribution in [2.45, 2.75) is 6.10 Å². The Morgan fingerprint density at radius 3 is 2.50 bits per heavy atom. The first-order valence-electron chi connectivity index (χ1n) is 6.07. The molecule has 1 aromatic carbocycles. The summed E-state index contributed by atoms with van der Waals surface area (Å²) in [5, 5.41) is 10.4. The number of nitrogens with zero attached hydrogens (tertiary/aromatic N) is 2. The molecule has 0 saturated carbocycles. The zero-order chi connectivity index (χ0) is 14.4. The molecule has 0 amide bonds. The molecule has 0 aliphatic rings. The summed E-state index contributed by atoms with van der Waals surface area (Å²) in [7, 11) is 3.46. The lowest BCUT2D eigenvalue weighted by atomic mass is 10.1. The fourth-order valence-electron chi connectivity index (χ4n) is 2.33. The van der Waals surface area contributed by atoms with E-state index in [4.69, 9.17) is 11.6 Å². The van der Waals surface area contributed by atoms with Crippen molar-refractivity contribution in [2.75, 3.05) is 0 Å². The Balaban J connectivity index is 2.14. The number of hydrogen-bond donors (Lipinski definition) is 1. The Morgan fingerprint density at radius 1 is 1.15 bits per heavy atom. The van der Waals surface area contributed by atoms with Gasteiger partial charge in [0.25, 0.3) is 0 Å². The van der Waals surface area contributed by atoms with Crippen LogP contribution in [0.5, 0.6) is 0 Å². The minimum Gasteiger partial charge on any atom is -0.383 e. The molecule has 104 valence electrons. The molecule has 3 rings (SSSR count). The van der Waals surface area contributed by atoms with Gasteiger partial charge in [0.2, 0.25) is 0 Å². The van der Waals surface area contributed by atoms with Gasteiger partial charge in [0.05, 0.1) is 15.4 Å². The number of benzene rings is 1. The second-order valence-electron chi connectivity index (χ2n) is 4.69. The van der Waals surface area contributed by atoms with Crippen LogP contribution in [-0.4, -0.2) is 14.2 Å². The first kappa shape index (κ1) is 13.4. The first-order chi connectivity index (χ1) is 9.49. The number of aliphatic hydroxyl groups is 1. The number of aryl methyl sites for hydroxylation is 2. The maximum absolute atomic E-state index is 11.9. The molecule has 1 unspecified atom stereocenters. The van der Waals surface area contributed by atoms with E-state index in [2.05, 4.69) is 0 Å². The molecule has 2 aromatic heterocycles. The van der Waals surface area contributed by atoms with Crippen LogP contribution < -0.4 is 5.69 Å². The number of rotatable bonds is 2. The van der Waals surface area contributed by atoms with Gasteiger partial charge in [0.15, 0.2) is 0 Å². The highest BCUT2D eigenvalue weighted by molar-refractivity contribution is 7.16. The molecule has 4 nitrogen and oxygen atoms in total. The predicted molar refractivity (Wildman–Crippen MR) is 81.6 cm³/mol. The van der Waals surface area contributed by atoms with Gasteiger partial charge in [-0.3, -0.25) is 9.13 Å². The van der Waals surface area contributed by atoms with Crippen molar-refractivity contribution < 1.29 is 5.11 Å². The van der Waals surface area contributed by atoms with Gasteiger partial charge in [-0.05, 0) is 29.8 Å². The van der Waals surface area contributed by atoms with Gasteiger partial charge in [-0.1, -0.05) is 17.7 Å². The number of fused-ring (bicyclic) bond motifs is 1. The Bertz CT molecular complexity index is 847. The molecule has 0 fully saturated rings. The van der Waals surface area contributed by atoms with Crippen molar-refractivity contribution in [1.29, 1.82) is 0 Å². The highest BCUT2D eigenvalue weighted by Gasteiger charge is 2.15. The SMILES string of the molecule is Cn1c(=O)n(C)c2cc(C(O)c3ccc(Cl)s3)ccc21. The van der Waals surface area contributed by atoms with Crippen LogP contribution in [0.4, 0.5) is 0 Å². The van der Waals surface area contributed by atoms with Gasteiger partial charge < -0.3 is 5.11 Å². The molecule has 0 bridgehead atoms. The summed E-state index contributed by atoms with van der Waals surface area (Å²) in [4.78, 5) is 12.7. The molecular formula is C14H13ClN2O2S. The zero-order valence-electron chi connectivity index (χ0n) is 11.0. The average Bonchev–Trinajstić information content (AvgIpc) is 2.97. The third kappa shape index (κ3) is 1.98. The minimum absolute atomic E-state index is 0.0780. The third-order valence-corrected chi connectivity index (χ3v) is 4.76. The Kier molecular flexibility index (Phi) is 3.20. The molecule has 3 aromatic rings. The van der Waals surface area contributed by atoms with Crippen molar-refractivity contribution in [3.8, 4) is 0 Å². The molecule has 0 saturated heterocycles. The van der Waals surface area contributed by atoms with Crippen LogP contribution in [0.25, 0.3) is 11.0 Å². The predicted octanol–water partition coefficient (Wildman–Crippen LogP) is 2.67. The van der Waals surface area contributed by atoms with Crippen molar-refractivity contribution in [1.82, 2.24) is 9.13 Å². The maximum Gasteiger partial charge on any atom is 0.328 e. The molecule has 6 heteroatoms. The fourth-order valence-corrected chi connectivity index (χ4v) is 3.41. The van der Waals surface area contributed by atoms with Gasteiger partial charge in [-0.15, -0.1) is 11.3 Å². The van der Waals surface area contributed by atoms with Crippen LogP contribution in [0, 0.1) is 0 Å². The van der Waals surface area contributed by atoms with Crippen LogP contribution in [-0.2, 0) is 14.1 Å². The Morgan fingerprint density at radius 2 is 1.85 bits per heavy atom. The van der Waals surface area contributed by atoms with Crippen LogP contribution in [0.15, 0.2) is 35.1 Å². The second-order valence-corrected chi connectivity index (χ2v) is 6.44. The van der Waals surface area contributed by atoms with E-state index in [1.54, 1.807) is 29.3 Å². The Labute approximate surface area is 124 Å². The lowest BCUT2D eigenvalue weighted by molar-refractivity contribution is 0.224. The van der Waals surface area contributed by atoms with Crippen molar-refractivity contribution >= 4 is 34.0 Å². The Hall–Kier alpha value is -1.56. The topological polar surface area (TPSA) is 47.2 Å². The van der Waals surface area contributed by atoms with Crippen LogP contribution >= 0.6 is 22.9 Å². The lowest BCUT2D eigenvalue weighted by Crippen LogP contribution is -2.19. The van der Waals surface area contributed by atoms with Gasteiger partial charge in [-0.25, -0.2) is 4.79 Å². The quantitative estimate of drug-likeness (QED) is 0.791. The van der Waals surface area contributed by atoms with Gasteiger partial charge in [0.1, 0.15) is 6.10 Å². The average molecular weight is 309 g/mol. The largest absolute Gasteiger partial charge is 0.383 e. The number of aliphatic hydroxyl groups excluding tert-OH is 1. The third-order valence-electron chi connectivity index (χ3n) is 3.48. The molecule has 0 aliphatic carbocycles. The summed E-state index contributed by atoms with van der Waals surface area (Å²) in [5.41, 5.74) is 2.32.